The molecule has 6 heteroatoms. The van der Waals surface area contributed by atoms with Gasteiger partial charge in [0.15, 0.2) is 11.6 Å². The maximum absolute atomic E-state index is 6.64. The Labute approximate surface area is 533 Å². The summed E-state index contributed by atoms with van der Waals surface area (Å²) in [5, 5.41) is 4.59. The highest BCUT2D eigenvalue weighted by molar-refractivity contribution is 6.11. The first-order chi connectivity index (χ1) is 45.1. The van der Waals surface area contributed by atoms with Gasteiger partial charge in [-0.3, -0.25) is 0 Å². The maximum Gasteiger partial charge on any atom is 0.160 e. The SMILES string of the molecule is CC1(C)c2ccccc2-c2ccc3c(oc4ccc(-c5ccc(-c6cc(-c7ccccc7)nc(-c7ccccc7)n6)cc5)cc43)c21.CC1(C)c2ccccc2-c2ccc3c(oc4ccc(-c5cccc(-c6cc(-c7ccccc7)nc(-c7ccccc7)n6)c5)cc43)c21. The summed E-state index contributed by atoms with van der Waals surface area (Å²) >= 11 is 0. The highest BCUT2D eigenvalue weighted by Gasteiger charge is 2.40. The molecule has 0 saturated heterocycles. The van der Waals surface area contributed by atoms with Crippen molar-refractivity contribution in [3.8, 4) is 112 Å². The molecule has 0 fully saturated rings. The van der Waals surface area contributed by atoms with E-state index >= 15 is 0 Å². The van der Waals surface area contributed by atoms with Gasteiger partial charge in [0.2, 0.25) is 0 Å². The zero-order chi connectivity index (χ0) is 61.7. The lowest BCUT2D eigenvalue weighted by molar-refractivity contribution is 0.619. The molecule has 16 aromatic rings. The second-order valence-corrected chi connectivity index (χ2v) is 25.2. The van der Waals surface area contributed by atoms with Crippen molar-refractivity contribution in [3.63, 3.8) is 0 Å². The van der Waals surface area contributed by atoms with Crippen molar-refractivity contribution in [2.24, 2.45) is 0 Å². The van der Waals surface area contributed by atoms with Crippen LogP contribution in [-0.2, 0) is 10.8 Å². The average molecular weight is 1180 g/mol. The summed E-state index contributed by atoms with van der Waals surface area (Å²) in [7, 11) is 0. The quantitative estimate of drug-likeness (QED) is 0.151. The van der Waals surface area contributed by atoms with Crippen molar-refractivity contribution in [2.45, 2.75) is 38.5 Å². The summed E-state index contributed by atoms with van der Waals surface area (Å²) < 4.78 is 13.3. The van der Waals surface area contributed by atoms with Crippen LogP contribution in [0.2, 0.25) is 0 Å². The molecule has 0 unspecified atom stereocenters. The Kier molecular flexibility index (Phi) is 12.8. The van der Waals surface area contributed by atoms with Gasteiger partial charge in [-0.25, -0.2) is 19.9 Å². The predicted octanol–water partition coefficient (Wildman–Crippen LogP) is 22.7. The van der Waals surface area contributed by atoms with Gasteiger partial charge in [-0.05, 0) is 110 Å². The molecule has 0 atom stereocenters. The molecular formula is C86H60N4O2. The van der Waals surface area contributed by atoms with Gasteiger partial charge in [-0.2, -0.15) is 0 Å². The molecule has 0 aliphatic heterocycles. The molecule has 0 N–H and O–H groups in total. The van der Waals surface area contributed by atoms with Gasteiger partial charge in [0.25, 0.3) is 0 Å². The van der Waals surface area contributed by atoms with E-state index in [1.807, 2.05) is 72.8 Å². The fourth-order valence-corrected chi connectivity index (χ4v) is 14.4. The van der Waals surface area contributed by atoms with E-state index in [9.17, 15) is 0 Å². The third kappa shape index (κ3) is 9.16. The normalized spacial score (nSPS) is 13.2. The van der Waals surface area contributed by atoms with E-state index in [0.717, 1.165) is 128 Å². The minimum atomic E-state index is -0.134. The van der Waals surface area contributed by atoms with Gasteiger partial charge in [0.1, 0.15) is 22.3 Å². The summed E-state index contributed by atoms with van der Waals surface area (Å²) in [6, 6.07) is 102. The van der Waals surface area contributed by atoms with Crippen LogP contribution in [0.5, 0.6) is 0 Å². The van der Waals surface area contributed by atoms with Crippen molar-refractivity contribution in [1.82, 2.24) is 19.9 Å². The van der Waals surface area contributed by atoms with Crippen molar-refractivity contribution >= 4 is 43.9 Å². The molecular weight excluding hydrogens is 1120 g/mol. The van der Waals surface area contributed by atoms with Gasteiger partial charge in [0, 0.05) is 76.9 Å². The average Bonchev–Trinajstić information content (AvgIpc) is 1.56. The van der Waals surface area contributed by atoms with Crippen LogP contribution >= 0.6 is 0 Å². The molecule has 6 nitrogen and oxygen atoms in total. The highest BCUT2D eigenvalue weighted by Crippen LogP contribution is 2.54. The lowest BCUT2D eigenvalue weighted by Crippen LogP contribution is -2.15. The van der Waals surface area contributed by atoms with E-state index < -0.39 is 0 Å². The van der Waals surface area contributed by atoms with E-state index in [0.29, 0.717) is 5.82 Å². The fraction of sp³-hybridized carbons (Fsp3) is 0.0698. The van der Waals surface area contributed by atoms with Gasteiger partial charge >= 0.3 is 0 Å². The van der Waals surface area contributed by atoms with E-state index in [2.05, 4.69) is 246 Å². The minimum Gasteiger partial charge on any atom is -0.456 e. The van der Waals surface area contributed by atoms with Crippen LogP contribution in [-0.4, -0.2) is 19.9 Å². The van der Waals surface area contributed by atoms with Crippen molar-refractivity contribution in [1.29, 1.82) is 0 Å². The predicted molar refractivity (Wildman–Crippen MR) is 377 cm³/mol. The number of fused-ring (bicyclic) bond motifs is 14. The standard InChI is InChI=1S/2C43H30N2O/c1-43(2)36-19-10-9-18-32(36)33-21-22-34-35-25-30(20-23-39(35)46-41(34)40(33)43)29-16-11-17-31(24-29)38-26-37(27-12-5-3-6-13-27)44-42(45-38)28-14-7-4-8-15-28;1-43(2)36-16-10-9-15-32(36)33-22-23-34-35-25-31(21-24-39(35)46-41(34)40(33)43)27-17-19-29(20-18-27)38-26-37(28-11-5-3-6-12-28)44-42(45-38)30-13-7-4-8-14-30/h2*3-26H,1-2H3. The van der Waals surface area contributed by atoms with Crippen LogP contribution in [0.3, 0.4) is 0 Å². The molecule has 436 valence electrons. The second kappa shape index (κ2) is 21.6. The van der Waals surface area contributed by atoms with Crippen LogP contribution in [0.1, 0.15) is 49.9 Å². The number of rotatable bonds is 8. The summed E-state index contributed by atoms with van der Waals surface area (Å²) in [6.45, 7) is 9.22. The molecule has 92 heavy (non-hydrogen) atoms. The van der Waals surface area contributed by atoms with E-state index in [1.54, 1.807) is 0 Å². The molecule has 18 rings (SSSR count). The summed E-state index contributed by atoms with van der Waals surface area (Å²) in [5.41, 5.74) is 28.4. The summed E-state index contributed by atoms with van der Waals surface area (Å²) in [5.74, 6) is 1.43. The Balaban J connectivity index is 0.000000141. The molecule has 0 radical (unpaired) electrons. The zero-order valence-corrected chi connectivity index (χ0v) is 51.3. The van der Waals surface area contributed by atoms with Gasteiger partial charge < -0.3 is 8.83 Å². The number of furan rings is 2. The zero-order valence-electron chi connectivity index (χ0n) is 51.3. The van der Waals surface area contributed by atoms with E-state index in [1.165, 1.54) is 44.5 Å². The van der Waals surface area contributed by atoms with Crippen molar-refractivity contribution in [3.05, 3.63) is 313 Å². The van der Waals surface area contributed by atoms with Gasteiger partial charge in [-0.1, -0.05) is 264 Å². The molecule has 0 saturated carbocycles. The lowest BCUT2D eigenvalue weighted by atomic mass is 9.82. The number of aromatic nitrogens is 4. The first-order valence-corrected chi connectivity index (χ1v) is 31.5. The third-order valence-corrected chi connectivity index (χ3v) is 19.0. The summed E-state index contributed by atoms with van der Waals surface area (Å²) in [6.07, 6.45) is 0. The maximum atomic E-state index is 6.64. The Bertz CT molecular complexity index is 5440. The fourth-order valence-electron chi connectivity index (χ4n) is 14.4. The van der Waals surface area contributed by atoms with Gasteiger partial charge in [0.05, 0.1) is 22.8 Å². The second-order valence-electron chi connectivity index (χ2n) is 25.2. The first-order valence-electron chi connectivity index (χ1n) is 31.5. The van der Waals surface area contributed by atoms with Crippen molar-refractivity contribution in [2.75, 3.05) is 0 Å². The molecule has 12 aromatic carbocycles. The molecule has 0 spiro atoms. The number of hydrogen-bond donors (Lipinski definition) is 0. The van der Waals surface area contributed by atoms with Crippen LogP contribution in [0.15, 0.2) is 300 Å². The molecule has 4 heterocycles. The van der Waals surface area contributed by atoms with Crippen molar-refractivity contribution < 1.29 is 8.83 Å². The smallest absolute Gasteiger partial charge is 0.160 e. The van der Waals surface area contributed by atoms with Crippen LogP contribution < -0.4 is 0 Å². The monoisotopic (exact) mass is 1180 g/mol. The Morgan fingerprint density at radius 2 is 0.576 bits per heavy atom. The van der Waals surface area contributed by atoms with E-state index in [4.69, 9.17) is 28.8 Å². The molecule has 2 aliphatic carbocycles. The Hall–Kier alpha value is -11.6. The van der Waals surface area contributed by atoms with Crippen LogP contribution in [0.25, 0.3) is 156 Å². The third-order valence-electron chi connectivity index (χ3n) is 19.0. The molecule has 2 aliphatic rings. The topological polar surface area (TPSA) is 77.8 Å². The number of nitrogens with zero attached hydrogens (tertiary/aromatic N) is 4. The Morgan fingerprint density at radius 1 is 0.239 bits per heavy atom. The number of benzene rings is 12. The summed E-state index contributed by atoms with van der Waals surface area (Å²) in [4.78, 5) is 20.0. The largest absolute Gasteiger partial charge is 0.456 e. The van der Waals surface area contributed by atoms with Crippen LogP contribution in [0, 0.1) is 0 Å². The minimum absolute atomic E-state index is 0.125. The first kappa shape index (κ1) is 54.5. The molecule has 4 aromatic heterocycles. The van der Waals surface area contributed by atoms with E-state index in [-0.39, 0.29) is 10.8 Å². The van der Waals surface area contributed by atoms with Crippen LogP contribution in [0.4, 0.5) is 0 Å². The van der Waals surface area contributed by atoms with Gasteiger partial charge in [-0.15, -0.1) is 0 Å². The molecule has 0 amide bonds. The Morgan fingerprint density at radius 3 is 1.03 bits per heavy atom. The number of hydrogen-bond acceptors (Lipinski definition) is 6. The highest BCUT2D eigenvalue weighted by atomic mass is 16.3. The molecule has 0 bridgehead atoms. The lowest BCUT2D eigenvalue weighted by Gasteiger charge is -2.21.